The molecule has 0 saturated heterocycles. The van der Waals surface area contributed by atoms with Crippen LogP contribution in [0.1, 0.15) is 17.0 Å². The number of benzene rings is 1. The molecule has 0 aliphatic carbocycles. The molecular formula is C17H22N4O4. The maximum atomic E-state index is 12.0. The van der Waals surface area contributed by atoms with Gasteiger partial charge >= 0.3 is 0 Å². The van der Waals surface area contributed by atoms with Crippen LogP contribution >= 0.6 is 0 Å². The standard InChI is InChI=1S/C17H22N4O4/c1-11-6-12(2)21(20-11)10-16(22)19-18-9-13-7-14(23-3)17(25-5)15(8-13)24-4/h6-9H,10H2,1-5H3,(H,19,22)/b18-9+. The molecule has 8 nitrogen and oxygen atoms in total. The van der Waals surface area contributed by atoms with Crippen LogP contribution < -0.4 is 19.6 Å². The number of hydrogen-bond acceptors (Lipinski definition) is 6. The Bertz CT molecular complexity index is 758. The van der Waals surface area contributed by atoms with Gasteiger partial charge in [0.2, 0.25) is 5.75 Å². The third kappa shape index (κ3) is 4.50. The molecule has 1 amide bonds. The lowest BCUT2D eigenvalue weighted by molar-refractivity contribution is -0.121. The second-order valence-corrected chi connectivity index (χ2v) is 5.34. The van der Waals surface area contributed by atoms with E-state index >= 15 is 0 Å². The van der Waals surface area contributed by atoms with Crippen molar-refractivity contribution >= 4 is 12.1 Å². The predicted octanol–water partition coefficient (Wildman–Crippen LogP) is 1.68. The van der Waals surface area contributed by atoms with Gasteiger partial charge in [0.25, 0.3) is 5.91 Å². The molecule has 8 heteroatoms. The number of amides is 1. The Kier molecular flexibility index (Phi) is 5.99. The monoisotopic (exact) mass is 346 g/mol. The molecule has 1 heterocycles. The Labute approximate surface area is 146 Å². The lowest BCUT2D eigenvalue weighted by Crippen LogP contribution is -2.24. The molecule has 2 rings (SSSR count). The van der Waals surface area contributed by atoms with Gasteiger partial charge in [-0.05, 0) is 32.0 Å². The second kappa shape index (κ2) is 8.18. The van der Waals surface area contributed by atoms with Crippen molar-refractivity contribution in [3.63, 3.8) is 0 Å². The quantitative estimate of drug-likeness (QED) is 0.609. The van der Waals surface area contributed by atoms with Crippen molar-refractivity contribution in [1.82, 2.24) is 15.2 Å². The second-order valence-electron chi connectivity index (χ2n) is 5.34. The van der Waals surface area contributed by atoms with Gasteiger partial charge in [0.15, 0.2) is 11.5 Å². The van der Waals surface area contributed by atoms with Crippen LogP contribution in [0.2, 0.25) is 0 Å². The molecule has 0 atom stereocenters. The highest BCUT2D eigenvalue weighted by Gasteiger charge is 2.12. The minimum atomic E-state index is -0.269. The Morgan fingerprint density at radius 2 is 1.80 bits per heavy atom. The number of hydrazone groups is 1. The Balaban J connectivity index is 2.06. The summed E-state index contributed by atoms with van der Waals surface area (Å²) in [6.07, 6.45) is 1.50. The Morgan fingerprint density at radius 1 is 1.16 bits per heavy atom. The molecular weight excluding hydrogens is 324 g/mol. The number of carbonyl (C=O) groups excluding carboxylic acids is 1. The first-order valence-corrected chi connectivity index (χ1v) is 7.61. The van der Waals surface area contributed by atoms with Gasteiger partial charge in [0.05, 0.1) is 33.2 Å². The molecule has 2 aromatic rings. The van der Waals surface area contributed by atoms with Crippen LogP contribution in [0.3, 0.4) is 0 Å². The van der Waals surface area contributed by atoms with Crippen molar-refractivity contribution in [2.24, 2.45) is 5.10 Å². The minimum Gasteiger partial charge on any atom is -0.493 e. The van der Waals surface area contributed by atoms with E-state index in [4.69, 9.17) is 14.2 Å². The van der Waals surface area contributed by atoms with Crippen LogP contribution in [0.15, 0.2) is 23.3 Å². The van der Waals surface area contributed by atoms with Crippen molar-refractivity contribution < 1.29 is 19.0 Å². The smallest absolute Gasteiger partial charge is 0.261 e. The zero-order valence-electron chi connectivity index (χ0n) is 15.0. The average molecular weight is 346 g/mol. The number of aromatic nitrogens is 2. The number of nitrogens with zero attached hydrogens (tertiary/aromatic N) is 3. The molecule has 25 heavy (non-hydrogen) atoms. The highest BCUT2D eigenvalue weighted by molar-refractivity contribution is 5.84. The van der Waals surface area contributed by atoms with Gasteiger partial charge in [-0.25, -0.2) is 5.43 Å². The van der Waals surface area contributed by atoms with E-state index in [2.05, 4.69) is 15.6 Å². The van der Waals surface area contributed by atoms with E-state index in [0.717, 1.165) is 11.4 Å². The van der Waals surface area contributed by atoms with E-state index in [-0.39, 0.29) is 12.5 Å². The highest BCUT2D eigenvalue weighted by Crippen LogP contribution is 2.37. The highest BCUT2D eigenvalue weighted by atomic mass is 16.5. The van der Waals surface area contributed by atoms with Crippen LogP contribution in [0.25, 0.3) is 0 Å². The van der Waals surface area contributed by atoms with Gasteiger partial charge in [0.1, 0.15) is 6.54 Å². The van der Waals surface area contributed by atoms with Crippen molar-refractivity contribution in [1.29, 1.82) is 0 Å². The zero-order valence-corrected chi connectivity index (χ0v) is 15.0. The molecule has 1 aromatic heterocycles. The van der Waals surface area contributed by atoms with E-state index < -0.39 is 0 Å². The average Bonchev–Trinajstić information content (AvgIpc) is 2.90. The van der Waals surface area contributed by atoms with Crippen LogP contribution in [0, 0.1) is 13.8 Å². The summed E-state index contributed by atoms with van der Waals surface area (Å²) in [5, 5.41) is 8.20. The maximum absolute atomic E-state index is 12.0. The van der Waals surface area contributed by atoms with Crippen molar-refractivity contribution in [2.45, 2.75) is 20.4 Å². The van der Waals surface area contributed by atoms with Crippen LogP contribution in [0.5, 0.6) is 17.2 Å². The van der Waals surface area contributed by atoms with Crippen molar-refractivity contribution in [3.8, 4) is 17.2 Å². The topological polar surface area (TPSA) is 87.0 Å². The summed E-state index contributed by atoms with van der Waals surface area (Å²) < 4.78 is 17.4. The van der Waals surface area contributed by atoms with Crippen LogP contribution in [-0.2, 0) is 11.3 Å². The van der Waals surface area contributed by atoms with E-state index in [1.807, 2.05) is 19.9 Å². The third-order valence-electron chi connectivity index (χ3n) is 3.49. The molecule has 0 unspecified atom stereocenters. The van der Waals surface area contributed by atoms with Gasteiger partial charge in [0, 0.05) is 11.3 Å². The van der Waals surface area contributed by atoms with E-state index in [9.17, 15) is 4.79 Å². The first kappa shape index (κ1) is 18.3. The number of carbonyl (C=O) groups is 1. The zero-order chi connectivity index (χ0) is 18.4. The molecule has 1 aromatic carbocycles. The predicted molar refractivity (Wildman–Crippen MR) is 93.5 cm³/mol. The number of ether oxygens (including phenoxy) is 3. The summed E-state index contributed by atoms with van der Waals surface area (Å²) in [5.41, 5.74) is 4.96. The summed E-state index contributed by atoms with van der Waals surface area (Å²) >= 11 is 0. The molecule has 0 fully saturated rings. The molecule has 0 aliphatic rings. The maximum Gasteiger partial charge on any atom is 0.261 e. The molecule has 0 bridgehead atoms. The molecule has 1 N–H and O–H groups in total. The minimum absolute atomic E-state index is 0.103. The van der Waals surface area contributed by atoms with Gasteiger partial charge < -0.3 is 14.2 Å². The van der Waals surface area contributed by atoms with E-state index in [1.165, 1.54) is 27.5 Å². The summed E-state index contributed by atoms with van der Waals surface area (Å²) in [5.74, 6) is 1.25. The first-order valence-electron chi connectivity index (χ1n) is 7.61. The summed E-state index contributed by atoms with van der Waals surface area (Å²) in [4.78, 5) is 12.0. The van der Waals surface area contributed by atoms with Crippen molar-refractivity contribution in [2.75, 3.05) is 21.3 Å². The summed E-state index contributed by atoms with van der Waals surface area (Å²) in [6.45, 7) is 3.88. The molecule has 0 saturated carbocycles. The molecule has 134 valence electrons. The summed E-state index contributed by atoms with van der Waals surface area (Å²) in [7, 11) is 4.61. The van der Waals surface area contributed by atoms with E-state index in [0.29, 0.717) is 22.8 Å². The number of methoxy groups -OCH3 is 3. The lowest BCUT2D eigenvalue weighted by Gasteiger charge is -2.12. The van der Waals surface area contributed by atoms with Gasteiger partial charge in [-0.3, -0.25) is 9.48 Å². The third-order valence-corrected chi connectivity index (χ3v) is 3.49. The number of hydrogen-bond donors (Lipinski definition) is 1. The van der Waals surface area contributed by atoms with Gasteiger partial charge in [-0.2, -0.15) is 10.2 Å². The summed E-state index contributed by atoms with van der Waals surface area (Å²) in [6, 6.07) is 5.38. The molecule has 0 aliphatic heterocycles. The number of nitrogens with one attached hydrogen (secondary N) is 1. The Morgan fingerprint density at radius 3 is 2.28 bits per heavy atom. The SMILES string of the molecule is COc1cc(/C=N/NC(=O)Cn2nc(C)cc2C)cc(OC)c1OC. The van der Waals surface area contributed by atoms with Gasteiger partial charge in [-0.15, -0.1) is 0 Å². The Hall–Kier alpha value is -3.03. The molecule has 0 spiro atoms. The fourth-order valence-corrected chi connectivity index (χ4v) is 2.36. The van der Waals surface area contributed by atoms with Crippen LogP contribution in [-0.4, -0.2) is 43.2 Å². The fourth-order valence-electron chi connectivity index (χ4n) is 2.36. The number of rotatable bonds is 7. The van der Waals surface area contributed by atoms with Crippen molar-refractivity contribution in [3.05, 3.63) is 35.2 Å². The lowest BCUT2D eigenvalue weighted by atomic mass is 10.2. The first-order chi connectivity index (χ1) is 12.0. The van der Waals surface area contributed by atoms with Gasteiger partial charge in [-0.1, -0.05) is 0 Å². The van der Waals surface area contributed by atoms with E-state index in [1.54, 1.807) is 16.8 Å². The normalized spacial score (nSPS) is 10.8. The fraction of sp³-hybridized carbons (Fsp3) is 0.353. The van der Waals surface area contributed by atoms with Crippen LogP contribution in [0.4, 0.5) is 0 Å². The number of aryl methyl sites for hydroxylation is 2. The molecule has 0 radical (unpaired) electrons. The largest absolute Gasteiger partial charge is 0.493 e.